The Morgan fingerprint density at radius 3 is 2.41 bits per heavy atom. The van der Waals surface area contributed by atoms with E-state index in [0.29, 0.717) is 23.2 Å². The van der Waals surface area contributed by atoms with Crippen LogP contribution in [0.1, 0.15) is 40.4 Å². The quantitative estimate of drug-likeness (QED) is 0.562. The molecule has 0 radical (unpaired) electrons. The van der Waals surface area contributed by atoms with Crippen molar-refractivity contribution in [3.8, 4) is 5.69 Å². The molecule has 1 atom stereocenters. The van der Waals surface area contributed by atoms with Gasteiger partial charge in [-0.25, -0.2) is 14.6 Å². The van der Waals surface area contributed by atoms with Crippen LogP contribution in [0.4, 0.5) is 0 Å². The molecule has 0 saturated carbocycles. The van der Waals surface area contributed by atoms with Crippen LogP contribution in [-0.2, 0) is 0 Å². The number of hydrogen-bond acceptors (Lipinski definition) is 3. The largest absolute Gasteiger partial charge is 0.361 e. The predicted molar refractivity (Wildman–Crippen MR) is 111 cm³/mol. The Morgan fingerprint density at radius 2 is 1.69 bits per heavy atom. The summed E-state index contributed by atoms with van der Waals surface area (Å²) in [5.41, 5.74) is 4.83. The number of nitrogens with one attached hydrogen (secondary N) is 2. The maximum absolute atomic E-state index is 13.2. The fraction of sp³-hybridized carbons (Fsp3) is 0.130. The van der Waals surface area contributed by atoms with Crippen molar-refractivity contribution in [3.63, 3.8) is 0 Å². The zero-order chi connectivity index (χ0) is 20.0. The molecular formula is C23H19N3O3. The second-order valence-electron chi connectivity index (χ2n) is 7.24. The molecule has 2 N–H and O–H groups in total. The molecule has 0 amide bonds. The Bertz CT molecular complexity index is 1320. The van der Waals surface area contributed by atoms with Crippen LogP contribution in [-0.4, -0.2) is 14.9 Å². The van der Waals surface area contributed by atoms with Crippen LogP contribution in [0, 0.1) is 6.92 Å². The highest BCUT2D eigenvalue weighted by atomic mass is 16.5. The zero-order valence-corrected chi connectivity index (χ0v) is 15.8. The third-order valence-electron chi connectivity index (χ3n) is 5.46. The Kier molecular flexibility index (Phi) is 3.98. The van der Waals surface area contributed by atoms with Crippen molar-refractivity contribution in [2.45, 2.75) is 19.3 Å². The van der Waals surface area contributed by atoms with Crippen molar-refractivity contribution in [2.24, 2.45) is 0 Å². The van der Waals surface area contributed by atoms with E-state index in [1.165, 1.54) is 0 Å². The van der Waals surface area contributed by atoms with Gasteiger partial charge in [0.2, 0.25) is 0 Å². The molecule has 2 aromatic heterocycles. The highest BCUT2D eigenvalue weighted by Gasteiger charge is 2.31. The van der Waals surface area contributed by atoms with E-state index in [-0.39, 0.29) is 17.1 Å². The van der Waals surface area contributed by atoms with E-state index in [2.05, 4.69) is 10.3 Å². The Morgan fingerprint density at radius 1 is 1.00 bits per heavy atom. The van der Waals surface area contributed by atoms with Crippen LogP contribution >= 0.6 is 0 Å². The van der Waals surface area contributed by atoms with Crippen molar-refractivity contribution in [2.75, 3.05) is 0 Å². The van der Waals surface area contributed by atoms with Gasteiger partial charge >= 0.3 is 5.63 Å². The molecule has 5 rings (SSSR count). The number of allylic oxidation sites excluding steroid dienone is 1. The lowest BCUT2D eigenvalue weighted by atomic mass is 9.80. The monoisotopic (exact) mass is 385 g/mol. The van der Waals surface area contributed by atoms with E-state index >= 15 is 0 Å². The highest BCUT2D eigenvalue weighted by molar-refractivity contribution is 5.85. The fourth-order valence-corrected chi connectivity index (χ4v) is 4.14. The lowest BCUT2D eigenvalue weighted by Crippen LogP contribution is -2.20. The summed E-state index contributed by atoms with van der Waals surface area (Å²) in [6.07, 6.45) is 2.40. The molecule has 0 spiro atoms. The van der Waals surface area contributed by atoms with E-state index < -0.39 is 0 Å². The van der Waals surface area contributed by atoms with Crippen LogP contribution in [0.25, 0.3) is 17.3 Å². The normalized spacial score (nSPS) is 15.8. The molecule has 1 aliphatic carbocycles. The minimum atomic E-state index is -0.364. The molecule has 2 heterocycles. The first kappa shape index (κ1) is 17.3. The smallest absolute Gasteiger partial charge is 0.338 e. The van der Waals surface area contributed by atoms with Gasteiger partial charge in [0.1, 0.15) is 0 Å². The van der Waals surface area contributed by atoms with Gasteiger partial charge in [0.15, 0.2) is 0 Å². The molecule has 4 aromatic rings. The lowest BCUT2D eigenvalue weighted by Gasteiger charge is -2.21. The average Bonchev–Trinajstić information content (AvgIpc) is 3.27. The van der Waals surface area contributed by atoms with Crippen molar-refractivity contribution in [1.82, 2.24) is 14.9 Å². The summed E-state index contributed by atoms with van der Waals surface area (Å²) in [6.45, 7) is 1.89. The number of H-pyrrole nitrogens is 2. The zero-order valence-electron chi connectivity index (χ0n) is 15.8. The molecule has 6 nitrogen and oxygen atoms in total. The predicted octanol–water partition coefficient (Wildman–Crippen LogP) is 3.83. The number of aromatic amines is 2. The van der Waals surface area contributed by atoms with Crippen LogP contribution in [0.15, 0.2) is 74.8 Å². The summed E-state index contributed by atoms with van der Waals surface area (Å²) in [6, 6.07) is 19.3. The van der Waals surface area contributed by atoms with Gasteiger partial charge in [0.05, 0.1) is 22.5 Å². The minimum absolute atomic E-state index is 0.110. The summed E-state index contributed by atoms with van der Waals surface area (Å²) >= 11 is 0. The van der Waals surface area contributed by atoms with Crippen LogP contribution < -0.4 is 11.2 Å². The molecule has 0 bridgehead atoms. The van der Waals surface area contributed by atoms with E-state index in [0.717, 1.165) is 22.5 Å². The maximum Gasteiger partial charge on any atom is 0.361 e. The van der Waals surface area contributed by atoms with Gasteiger partial charge in [-0.2, -0.15) is 0 Å². The van der Waals surface area contributed by atoms with Gasteiger partial charge in [0, 0.05) is 11.6 Å². The SMILES string of the molecule is Cc1[nH]n(-c2ccccc2)c(=O)c1C1=Cc2[nH]oc(=O)c2C(c2ccccc2)C1. The van der Waals surface area contributed by atoms with Gasteiger partial charge in [-0.3, -0.25) is 9.89 Å². The number of aromatic nitrogens is 3. The number of benzene rings is 2. The van der Waals surface area contributed by atoms with E-state index in [9.17, 15) is 9.59 Å². The van der Waals surface area contributed by atoms with Crippen molar-refractivity contribution in [3.05, 3.63) is 110 Å². The van der Waals surface area contributed by atoms with Crippen LogP contribution in [0.2, 0.25) is 0 Å². The summed E-state index contributed by atoms with van der Waals surface area (Å²) < 4.78 is 6.62. The fourth-order valence-electron chi connectivity index (χ4n) is 4.14. The first-order valence-corrected chi connectivity index (χ1v) is 9.48. The molecule has 144 valence electrons. The van der Waals surface area contributed by atoms with Gasteiger partial charge < -0.3 is 4.52 Å². The van der Waals surface area contributed by atoms with E-state index in [4.69, 9.17) is 4.52 Å². The Balaban J connectivity index is 1.67. The summed E-state index contributed by atoms with van der Waals surface area (Å²) in [4.78, 5) is 25.6. The number of aryl methyl sites for hydroxylation is 1. The van der Waals surface area contributed by atoms with E-state index in [1.54, 1.807) is 4.68 Å². The maximum atomic E-state index is 13.2. The number of rotatable bonds is 3. The van der Waals surface area contributed by atoms with Crippen molar-refractivity contribution < 1.29 is 4.52 Å². The van der Waals surface area contributed by atoms with Crippen LogP contribution in [0.5, 0.6) is 0 Å². The molecule has 1 aliphatic rings. The molecule has 29 heavy (non-hydrogen) atoms. The highest BCUT2D eigenvalue weighted by Crippen LogP contribution is 2.39. The second kappa shape index (κ2) is 6.67. The standard InChI is InChI=1S/C23H19N3O3/c1-14-20(22(27)26(24-14)17-10-6-3-7-11-17)16-12-18(15-8-4-2-5-9-15)21-19(13-16)25-29-23(21)28/h2-11,13,18,24-25H,12H2,1H3. The van der Waals surface area contributed by atoms with E-state index in [1.807, 2.05) is 73.7 Å². The first-order chi connectivity index (χ1) is 14.1. The molecule has 6 heteroatoms. The molecule has 1 unspecified atom stereocenters. The van der Waals surface area contributed by atoms with Crippen molar-refractivity contribution in [1.29, 1.82) is 0 Å². The molecule has 2 aromatic carbocycles. The van der Waals surface area contributed by atoms with Gasteiger partial charge in [0.25, 0.3) is 5.56 Å². The van der Waals surface area contributed by atoms with Gasteiger partial charge in [-0.1, -0.05) is 48.5 Å². The molecular weight excluding hydrogens is 366 g/mol. The third kappa shape index (κ3) is 2.81. The van der Waals surface area contributed by atoms with Gasteiger partial charge in [-0.05, 0) is 42.7 Å². The summed E-state index contributed by atoms with van der Waals surface area (Å²) in [5.74, 6) is -0.174. The van der Waals surface area contributed by atoms with Crippen molar-refractivity contribution >= 4 is 11.6 Å². The second-order valence-corrected chi connectivity index (χ2v) is 7.24. The van der Waals surface area contributed by atoms with Gasteiger partial charge in [-0.15, -0.1) is 0 Å². The molecule has 0 aliphatic heterocycles. The third-order valence-corrected chi connectivity index (χ3v) is 5.46. The lowest BCUT2D eigenvalue weighted by molar-refractivity contribution is 0.388. The minimum Gasteiger partial charge on any atom is -0.338 e. The Hall–Kier alpha value is -3.80. The topological polar surface area (TPSA) is 83.8 Å². The Labute approximate surface area is 166 Å². The summed E-state index contributed by atoms with van der Waals surface area (Å²) in [7, 11) is 0. The number of para-hydroxylation sites is 1. The number of hydrogen-bond donors (Lipinski definition) is 2. The molecule has 0 fully saturated rings. The summed E-state index contributed by atoms with van der Waals surface area (Å²) in [5, 5.41) is 5.90. The van der Waals surface area contributed by atoms with Crippen LogP contribution in [0.3, 0.4) is 0 Å². The average molecular weight is 385 g/mol. The molecule has 0 saturated heterocycles. The number of nitrogens with zero attached hydrogens (tertiary/aromatic N) is 1. The first-order valence-electron chi connectivity index (χ1n) is 9.48. The number of fused-ring (bicyclic) bond motifs is 1.